The predicted molar refractivity (Wildman–Crippen MR) is 96.1 cm³/mol. The molecule has 7 nitrogen and oxygen atoms in total. The molecule has 0 bridgehead atoms. The van der Waals surface area contributed by atoms with Gasteiger partial charge in [0.15, 0.2) is 5.96 Å². The monoisotopic (exact) mass is 355 g/mol. The van der Waals surface area contributed by atoms with E-state index >= 15 is 0 Å². The molecule has 25 heavy (non-hydrogen) atoms. The first-order valence-corrected chi connectivity index (χ1v) is 9.73. The van der Waals surface area contributed by atoms with Crippen molar-refractivity contribution >= 4 is 5.96 Å². The van der Waals surface area contributed by atoms with Crippen molar-refractivity contribution in [2.24, 2.45) is 4.99 Å². The summed E-state index contributed by atoms with van der Waals surface area (Å²) in [5.41, 5.74) is 0. The molecule has 3 saturated heterocycles. The first kappa shape index (κ1) is 18.9. The van der Waals surface area contributed by atoms with Gasteiger partial charge in [-0.3, -0.25) is 4.99 Å². The Labute approximate surface area is 151 Å². The van der Waals surface area contributed by atoms with E-state index in [0.29, 0.717) is 32.0 Å². The summed E-state index contributed by atoms with van der Waals surface area (Å²) in [7, 11) is 1.84. The molecule has 1 N–H and O–H groups in total. The van der Waals surface area contributed by atoms with Crippen LogP contribution < -0.4 is 5.32 Å². The maximum Gasteiger partial charge on any atom is 0.193 e. The van der Waals surface area contributed by atoms with E-state index in [0.717, 1.165) is 58.1 Å². The van der Waals surface area contributed by atoms with Gasteiger partial charge in [0.05, 0.1) is 44.7 Å². The number of nitrogens with one attached hydrogen (secondary N) is 1. The molecule has 0 aromatic heterocycles. The molecular formula is C18H33N3O4. The van der Waals surface area contributed by atoms with Crippen LogP contribution in [0.5, 0.6) is 0 Å². The van der Waals surface area contributed by atoms with Crippen LogP contribution in [0.4, 0.5) is 0 Å². The molecule has 0 amide bonds. The largest absolute Gasteiger partial charge is 0.376 e. The normalized spacial score (nSPS) is 29.6. The maximum atomic E-state index is 6.09. The maximum absolute atomic E-state index is 6.09. The lowest BCUT2D eigenvalue weighted by molar-refractivity contribution is -0.0853. The van der Waals surface area contributed by atoms with Crippen molar-refractivity contribution in [3.05, 3.63) is 0 Å². The van der Waals surface area contributed by atoms with Gasteiger partial charge in [-0.25, -0.2) is 0 Å². The second kappa shape index (κ2) is 10.3. The summed E-state index contributed by atoms with van der Waals surface area (Å²) in [4.78, 5) is 6.72. The molecule has 144 valence electrons. The van der Waals surface area contributed by atoms with E-state index in [1.54, 1.807) is 0 Å². The summed E-state index contributed by atoms with van der Waals surface area (Å²) < 4.78 is 23.0. The number of guanidine groups is 1. The molecule has 2 unspecified atom stereocenters. The van der Waals surface area contributed by atoms with Crippen LogP contribution in [-0.2, 0) is 18.9 Å². The van der Waals surface area contributed by atoms with Crippen molar-refractivity contribution < 1.29 is 18.9 Å². The second-order valence-corrected chi connectivity index (χ2v) is 7.00. The highest BCUT2D eigenvalue weighted by Crippen LogP contribution is 2.18. The Bertz CT molecular complexity index is 401. The average molecular weight is 355 g/mol. The number of ether oxygens (including phenoxy) is 4. The van der Waals surface area contributed by atoms with Gasteiger partial charge in [-0.15, -0.1) is 0 Å². The number of aliphatic imine (C=N–C) groups is 1. The quantitative estimate of drug-likeness (QED) is 0.587. The molecule has 0 radical (unpaired) electrons. The molecule has 3 aliphatic rings. The van der Waals surface area contributed by atoms with Crippen LogP contribution in [0.25, 0.3) is 0 Å². The van der Waals surface area contributed by atoms with Crippen LogP contribution in [-0.4, -0.2) is 88.9 Å². The Kier molecular flexibility index (Phi) is 7.79. The van der Waals surface area contributed by atoms with Crippen LogP contribution in [0.3, 0.4) is 0 Å². The van der Waals surface area contributed by atoms with Crippen molar-refractivity contribution in [2.45, 2.75) is 50.4 Å². The minimum absolute atomic E-state index is 0.113. The number of likely N-dealkylation sites (tertiary alicyclic amines) is 1. The van der Waals surface area contributed by atoms with Gasteiger partial charge >= 0.3 is 0 Å². The van der Waals surface area contributed by atoms with Crippen molar-refractivity contribution in [1.29, 1.82) is 0 Å². The third-order valence-corrected chi connectivity index (χ3v) is 5.12. The molecular weight excluding hydrogens is 322 g/mol. The minimum Gasteiger partial charge on any atom is -0.376 e. The molecule has 2 atom stereocenters. The van der Waals surface area contributed by atoms with Gasteiger partial charge in [0.1, 0.15) is 0 Å². The van der Waals surface area contributed by atoms with E-state index in [1.165, 1.54) is 12.8 Å². The zero-order valence-electron chi connectivity index (χ0n) is 15.5. The zero-order valence-corrected chi connectivity index (χ0v) is 15.5. The molecule has 0 aromatic carbocycles. The van der Waals surface area contributed by atoms with E-state index < -0.39 is 0 Å². The topological polar surface area (TPSA) is 64.6 Å². The van der Waals surface area contributed by atoms with E-state index in [4.69, 9.17) is 18.9 Å². The van der Waals surface area contributed by atoms with Gasteiger partial charge in [0.2, 0.25) is 0 Å². The van der Waals surface area contributed by atoms with Crippen molar-refractivity contribution in [3.8, 4) is 0 Å². The van der Waals surface area contributed by atoms with Gasteiger partial charge in [-0.1, -0.05) is 0 Å². The lowest BCUT2D eigenvalue weighted by Crippen LogP contribution is -2.50. The Morgan fingerprint density at radius 3 is 2.60 bits per heavy atom. The number of hydrogen-bond donors (Lipinski definition) is 1. The highest BCUT2D eigenvalue weighted by Gasteiger charge is 2.24. The molecule has 7 heteroatoms. The van der Waals surface area contributed by atoms with E-state index in [9.17, 15) is 0 Å². The summed E-state index contributed by atoms with van der Waals surface area (Å²) in [5, 5.41) is 3.42. The summed E-state index contributed by atoms with van der Waals surface area (Å²) in [6.45, 7) is 6.35. The number of piperidine rings is 1. The lowest BCUT2D eigenvalue weighted by atomic mass is 10.1. The molecule has 3 aliphatic heterocycles. The predicted octanol–water partition coefficient (Wildman–Crippen LogP) is 1.03. The first-order chi connectivity index (χ1) is 12.3. The van der Waals surface area contributed by atoms with Gasteiger partial charge in [-0.05, 0) is 32.1 Å². The van der Waals surface area contributed by atoms with Crippen molar-refractivity contribution in [3.63, 3.8) is 0 Å². The summed E-state index contributed by atoms with van der Waals surface area (Å²) >= 11 is 0. The molecule has 3 heterocycles. The Hall–Kier alpha value is -0.890. The SMILES string of the molecule is CN=C(NCC1COCCO1)N1CCC(OCC2CCCCO2)CC1. The Morgan fingerprint density at radius 2 is 1.92 bits per heavy atom. The number of rotatable bonds is 5. The number of nitrogens with zero attached hydrogens (tertiary/aromatic N) is 2. The Morgan fingerprint density at radius 1 is 1.08 bits per heavy atom. The minimum atomic E-state index is 0.113. The fraction of sp³-hybridized carbons (Fsp3) is 0.944. The van der Waals surface area contributed by atoms with Crippen LogP contribution in [0.2, 0.25) is 0 Å². The second-order valence-electron chi connectivity index (χ2n) is 7.00. The molecule has 3 rings (SSSR count). The average Bonchev–Trinajstić information content (AvgIpc) is 2.69. The fourth-order valence-corrected chi connectivity index (χ4v) is 3.61. The summed E-state index contributed by atoms with van der Waals surface area (Å²) in [5.74, 6) is 0.947. The summed E-state index contributed by atoms with van der Waals surface area (Å²) in [6, 6.07) is 0. The van der Waals surface area contributed by atoms with Gasteiger partial charge < -0.3 is 29.2 Å². The van der Waals surface area contributed by atoms with Gasteiger partial charge in [0.25, 0.3) is 0 Å². The van der Waals surface area contributed by atoms with Crippen LogP contribution in [0, 0.1) is 0 Å². The van der Waals surface area contributed by atoms with Crippen molar-refractivity contribution in [2.75, 3.05) is 59.7 Å². The fourth-order valence-electron chi connectivity index (χ4n) is 3.61. The van der Waals surface area contributed by atoms with Crippen molar-refractivity contribution in [1.82, 2.24) is 10.2 Å². The van der Waals surface area contributed by atoms with E-state index in [2.05, 4.69) is 15.2 Å². The highest BCUT2D eigenvalue weighted by molar-refractivity contribution is 5.80. The van der Waals surface area contributed by atoms with Crippen LogP contribution in [0.1, 0.15) is 32.1 Å². The van der Waals surface area contributed by atoms with Crippen LogP contribution >= 0.6 is 0 Å². The zero-order chi connectivity index (χ0) is 17.3. The lowest BCUT2D eigenvalue weighted by Gasteiger charge is -2.35. The molecule has 0 saturated carbocycles. The van der Waals surface area contributed by atoms with E-state index in [-0.39, 0.29) is 6.10 Å². The standard InChI is InChI=1S/C18H33N3O4/c1-19-18(20-12-17-13-22-10-11-24-17)21-7-5-15(6-8-21)25-14-16-4-2-3-9-23-16/h15-17H,2-14H2,1H3,(H,19,20). The molecule has 0 spiro atoms. The van der Waals surface area contributed by atoms with Gasteiger partial charge in [0, 0.05) is 33.3 Å². The Balaban J connectivity index is 1.33. The number of hydrogen-bond acceptors (Lipinski definition) is 5. The van der Waals surface area contributed by atoms with E-state index in [1.807, 2.05) is 7.05 Å². The summed E-state index contributed by atoms with van der Waals surface area (Å²) in [6.07, 6.45) is 6.44. The third-order valence-electron chi connectivity index (χ3n) is 5.12. The first-order valence-electron chi connectivity index (χ1n) is 9.73. The molecule has 3 fully saturated rings. The van der Waals surface area contributed by atoms with Crippen LogP contribution in [0.15, 0.2) is 4.99 Å². The smallest absolute Gasteiger partial charge is 0.193 e. The van der Waals surface area contributed by atoms with Gasteiger partial charge in [-0.2, -0.15) is 0 Å². The third kappa shape index (κ3) is 6.09. The molecule has 0 aromatic rings. The highest BCUT2D eigenvalue weighted by atomic mass is 16.6. The molecule has 0 aliphatic carbocycles.